The minimum atomic E-state index is 0.0372. The number of carbonyl (C=O) groups is 1. The van der Waals surface area contributed by atoms with Gasteiger partial charge in [0, 0.05) is 36.9 Å². The minimum Gasteiger partial charge on any atom is -0.497 e. The number of benzene rings is 1. The van der Waals surface area contributed by atoms with Gasteiger partial charge >= 0.3 is 0 Å². The number of ketones is 1. The van der Waals surface area contributed by atoms with Crippen LogP contribution in [0.1, 0.15) is 37.7 Å². The molecule has 0 bridgehead atoms. The van der Waals surface area contributed by atoms with E-state index in [1.54, 1.807) is 13.2 Å². The Balaban J connectivity index is 1.90. The highest BCUT2D eigenvalue weighted by atomic mass is 16.5. The number of rotatable bonds is 4. The quantitative estimate of drug-likeness (QED) is 0.868. The van der Waals surface area contributed by atoms with Crippen molar-refractivity contribution in [3.63, 3.8) is 0 Å². The van der Waals surface area contributed by atoms with E-state index in [-0.39, 0.29) is 5.56 Å². The van der Waals surface area contributed by atoms with Crippen molar-refractivity contribution in [1.29, 1.82) is 0 Å². The lowest BCUT2D eigenvalue weighted by Gasteiger charge is -2.22. The Morgan fingerprint density at radius 2 is 1.91 bits per heavy atom. The van der Waals surface area contributed by atoms with Gasteiger partial charge in [0.25, 0.3) is 5.56 Å². The van der Waals surface area contributed by atoms with Crippen LogP contribution in [0.4, 0.5) is 0 Å². The van der Waals surface area contributed by atoms with Crippen molar-refractivity contribution in [2.75, 3.05) is 7.11 Å². The number of pyridine rings is 1. The molecule has 1 aliphatic rings. The molecule has 3 rings (SSSR count). The number of fused-ring (bicyclic) bond motifs is 1. The van der Waals surface area contributed by atoms with E-state index < -0.39 is 0 Å². The molecule has 0 atom stereocenters. The smallest absolute Gasteiger partial charge is 0.251 e. The fourth-order valence-electron chi connectivity index (χ4n) is 3.49. The number of Topliss-reactive ketones (excluding diaryl/α,β-unsaturated/α-hetero) is 1. The van der Waals surface area contributed by atoms with Gasteiger partial charge in [0.05, 0.1) is 12.6 Å². The molecule has 23 heavy (non-hydrogen) atoms. The van der Waals surface area contributed by atoms with Crippen LogP contribution in [0.2, 0.25) is 0 Å². The summed E-state index contributed by atoms with van der Waals surface area (Å²) in [6, 6.07) is 7.59. The van der Waals surface area contributed by atoms with Crippen LogP contribution >= 0.6 is 0 Å². The molecule has 1 aromatic carbocycles. The molecule has 4 heteroatoms. The van der Waals surface area contributed by atoms with Gasteiger partial charge in [-0.15, -0.1) is 0 Å². The molecule has 122 valence electrons. The highest BCUT2D eigenvalue weighted by molar-refractivity contribution is 5.83. The third-order valence-electron chi connectivity index (χ3n) is 4.95. The first-order valence-electron chi connectivity index (χ1n) is 8.28. The van der Waals surface area contributed by atoms with Crippen LogP contribution in [0.25, 0.3) is 10.9 Å². The molecule has 1 fully saturated rings. The zero-order valence-electron chi connectivity index (χ0n) is 13.8. The predicted molar refractivity (Wildman–Crippen MR) is 91.1 cm³/mol. The van der Waals surface area contributed by atoms with Crippen molar-refractivity contribution in [1.82, 2.24) is 4.57 Å². The Kier molecular flexibility index (Phi) is 4.51. The molecular formula is C19H23NO3. The van der Waals surface area contributed by atoms with E-state index in [9.17, 15) is 9.59 Å². The van der Waals surface area contributed by atoms with Crippen LogP contribution < -0.4 is 10.3 Å². The molecule has 1 aliphatic carbocycles. The lowest BCUT2D eigenvalue weighted by Crippen LogP contribution is -2.23. The summed E-state index contributed by atoms with van der Waals surface area (Å²) in [4.78, 5) is 23.8. The van der Waals surface area contributed by atoms with Crippen molar-refractivity contribution in [2.45, 2.75) is 45.6 Å². The van der Waals surface area contributed by atoms with E-state index in [0.717, 1.165) is 41.5 Å². The average Bonchev–Trinajstić information content (AvgIpc) is 2.55. The number of aromatic nitrogens is 1. The number of aryl methyl sites for hydroxylation is 2. The molecule has 1 saturated carbocycles. The van der Waals surface area contributed by atoms with Gasteiger partial charge in [-0.05, 0) is 49.8 Å². The van der Waals surface area contributed by atoms with Crippen molar-refractivity contribution in [3.05, 3.63) is 40.2 Å². The van der Waals surface area contributed by atoms with E-state index in [4.69, 9.17) is 4.74 Å². The normalized spacial score (nSPS) is 16.0. The summed E-state index contributed by atoms with van der Waals surface area (Å²) in [5.74, 6) is 1.69. The third-order valence-corrected chi connectivity index (χ3v) is 4.95. The Labute approximate surface area is 136 Å². The molecule has 0 unspecified atom stereocenters. The summed E-state index contributed by atoms with van der Waals surface area (Å²) in [6.45, 7) is 2.66. The number of carbonyl (C=O) groups excluding carboxylic acids is 1. The zero-order valence-corrected chi connectivity index (χ0v) is 13.8. The van der Waals surface area contributed by atoms with Gasteiger partial charge in [-0.25, -0.2) is 0 Å². The molecule has 0 N–H and O–H groups in total. The number of ether oxygens (including phenoxy) is 1. The summed E-state index contributed by atoms with van der Waals surface area (Å²) in [6.07, 6.45) is 4.26. The second-order valence-electron chi connectivity index (χ2n) is 6.47. The van der Waals surface area contributed by atoms with Crippen LogP contribution in [-0.2, 0) is 11.3 Å². The lowest BCUT2D eigenvalue weighted by atomic mass is 9.86. The second-order valence-corrected chi connectivity index (χ2v) is 6.47. The van der Waals surface area contributed by atoms with E-state index in [0.29, 0.717) is 31.1 Å². The van der Waals surface area contributed by atoms with Gasteiger partial charge in [-0.2, -0.15) is 0 Å². The Morgan fingerprint density at radius 3 is 2.61 bits per heavy atom. The van der Waals surface area contributed by atoms with Gasteiger partial charge < -0.3 is 9.30 Å². The summed E-state index contributed by atoms with van der Waals surface area (Å²) in [5.41, 5.74) is 1.96. The maximum Gasteiger partial charge on any atom is 0.251 e. The standard InChI is InChI=1S/C19H23NO3/c1-13-11-19(22)20(10-9-14-3-5-15(21)6-4-14)18-12-16(23-2)7-8-17(13)18/h7-8,11-12,14H,3-6,9-10H2,1-2H3. The molecule has 0 spiro atoms. The van der Waals surface area contributed by atoms with E-state index in [2.05, 4.69) is 0 Å². The molecular weight excluding hydrogens is 290 g/mol. The summed E-state index contributed by atoms with van der Waals surface area (Å²) in [7, 11) is 1.64. The first-order chi connectivity index (χ1) is 11.1. The third kappa shape index (κ3) is 3.31. The highest BCUT2D eigenvalue weighted by Gasteiger charge is 2.19. The fraction of sp³-hybridized carbons (Fsp3) is 0.474. The Hall–Kier alpha value is -2.10. The average molecular weight is 313 g/mol. The van der Waals surface area contributed by atoms with E-state index in [1.165, 1.54) is 0 Å². The molecule has 0 radical (unpaired) electrons. The first-order valence-corrected chi connectivity index (χ1v) is 8.28. The molecule has 0 saturated heterocycles. The van der Waals surface area contributed by atoms with Crippen LogP contribution in [0.15, 0.2) is 29.1 Å². The number of nitrogens with zero attached hydrogens (tertiary/aromatic N) is 1. The topological polar surface area (TPSA) is 48.3 Å². The van der Waals surface area contributed by atoms with Crippen molar-refractivity contribution in [3.8, 4) is 5.75 Å². The minimum absolute atomic E-state index is 0.0372. The van der Waals surface area contributed by atoms with Crippen LogP contribution in [0.5, 0.6) is 5.75 Å². The van der Waals surface area contributed by atoms with Crippen molar-refractivity contribution < 1.29 is 9.53 Å². The summed E-state index contributed by atoms with van der Waals surface area (Å²) < 4.78 is 7.16. The Morgan fingerprint density at radius 1 is 1.17 bits per heavy atom. The van der Waals surface area contributed by atoms with Gasteiger partial charge in [-0.3, -0.25) is 9.59 Å². The van der Waals surface area contributed by atoms with Crippen molar-refractivity contribution in [2.24, 2.45) is 5.92 Å². The van der Waals surface area contributed by atoms with Crippen molar-refractivity contribution >= 4 is 16.7 Å². The molecule has 2 aromatic rings. The van der Waals surface area contributed by atoms with Crippen LogP contribution in [0.3, 0.4) is 0 Å². The maximum atomic E-state index is 12.4. The predicted octanol–water partition coefficient (Wildman–Crippen LogP) is 3.47. The SMILES string of the molecule is COc1ccc2c(C)cc(=O)n(CCC3CCC(=O)CC3)c2c1. The van der Waals surface area contributed by atoms with Gasteiger partial charge in [-0.1, -0.05) is 0 Å². The zero-order chi connectivity index (χ0) is 16.4. The largest absolute Gasteiger partial charge is 0.497 e. The molecule has 0 aliphatic heterocycles. The highest BCUT2D eigenvalue weighted by Crippen LogP contribution is 2.26. The second kappa shape index (κ2) is 6.57. The number of hydrogen-bond donors (Lipinski definition) is 0. The molecule has 1 heterocycles. The monoisotopic (exact) mass is 313 g/mol. The van der Waals surface area contributed by atoms with E-state index >= 15 is 0 Å². The maximum absolute atomic E-state index is 12.4. The summed E-state index contributed by atoms with van der Waals surface area (Å²) >= 11 is 0. The van der Waals surface area contributed by atoms with Crippen LogP contribution in [-0.4, -0.2) is 17.5 Å². The lowest BCUT2D eigenvalue weighted by molar-refractivity contribution is -0.121. The molecule has 4 nitrogen and oxygen atoms in total. The molecule has 1 aromatic heterocycles. The van der Waals surface area contributed by atoms with Gasteiger partial charge in [0.15, 0.2) is 0 Å². The van der Waals surface area contributed by atoms with Gasteiger partial charge in [0.1, 0.15) is 11.5 Å². The first kappa shape index (κ1) is 15.8. The number of methoxy groups -OCH3 is 1. The number of hydrogen-bond acceptors (Lipinski definition) is 3. The van der Waals surface area contributed by atoms with Gasteiger partial charge in [0.2, 0.25) is 0 Å². The Bertz CT molecular complexity index is 781. The molecule has 0 amide bonds. The summed E-state index contributed by atoms with van der Waals surface area (Å²) in [5, 5.41) is 1.09. The fourth-order valence-corrected chi connectivity index (χ4v) is 3.49. The van der Waals surface area contributed by atoms with Crippen LogP contribution in [0, 0.1) is 12.8 Å². The van der Waals surface area contributed by atoms with E-state index in [1.807, 2.05) is 29.7 Å².